The first-order chi connectivity index (χ1) is 9.52. The number of carbonyl (C=O) groups is 1. The predicted molar refractivity (Wildman–Crippen MR) is 73.0 cm³/mol. The van der Waals surface area contributed by atoms with Crippen LogP contribution in [-0.4, -0.2) is 41.8 Å². The highest BCUT2D eigenvalue weighted by atomic mass is 19.1. The van der Waals surface area contributed by atoms with E-state index < -0.39 is 11.9 Å². The van der Waals surface area contributed by atoms with Gasteiger partial charge in [-0.15, -0.1) is 0 Å². The Morgan fingerprint density at radius 3 is 2.90 bits per heavy atom. The molecule has 1 fully saturated rings. The zero-order valence-electron chi connectivity index (χ0n) is 11.8. The van der Waals surface area contributed by atoms with Crippen LogP contribution in [0.25, 0.3) is 0 Å². The van der Waals surface area contributed by atoms with Gasteiger partial charge in [-0.3, -0.25) is 9.69 Å². The van der Waals surface area contributed by atoms with Crippen molar-refractivity contribution >= 4 is 5.97 Å². The zero-order valence-corrected chi connectivity index (χ0v) is 11.8. The van der Waals surface area contributed by atoms with Crippen molar-refractivity contribution in [1.29, 1.82) is 0 Å². The van der Waals surface area contributed by atoms with Crippen LogP contribution in [-0.2, 0) is 16.1 Å². The Balaban J connectivity index is 2.16. The molecule has 110 valence electrons. The summed E-state index contributed by atoms with van der Waals surface area (Å²) in [5.41, 5.74) is 1.60. The van der Waals surface area contributed by atoms with E-state index in [-0.39, 0.29) is 18.5 Å². The minimum Gasteiger partial charge on any atom is -0.481 e. The van der Waals surface area contributed by atoms with Crippen molar-refractivity contribution < 1.29 is 19.0 Å². The summed E-state index contributed by atoms with van der Waals surface area (Å²) in [4.78, 5) is 13.2. The Bertz CT molecular complexity index is 492. The van der Waals surface area contributed by atoms with Crippen molar-refractivity contribution in [3.05, 3.63) is 35.1 Å². The molecule has 0 spiro atoms. The van der Waals surface area contributed by atoms with Crippen molar-refractivity contribution in [3.8, 4) is 0 Å². The number of aliphatic carboxylic acids is 1. The Morgan fingerprint density at radius 1 is 1.50 bits per heavy atom. The lowest BCUT2D eigenvalue weighted by molar-refractivity contribution is -0.143. The second kappa shape index (κ2) is 6.33. The zero-order chi connectivity index (χ0) is 14.7. The topological polar surface area (TPSA) is 49.8 Å². The first-order valence-electron chi connectivity index (χ1n) is 6.82. The third-order valence-corrected chi connectivity index (χ3v) is 3.82. The second-order valence-electron chi connectivity index (χ2n) is 5.21. The maximum Gasteiger partial charge on any atom is 0.310 e. The number of carboxylic acids is 1. The fourth-order valence-electron chi connectivity index (χ4n) is 2.65. The van der Waals surface area contributed by atoms with Crippen LogP contribution in [0.5, 0.6) is 0 Å². The van der Waals surface area contributed by atoms with Gasteiger partial charge in [0.15, 0.2) is 0 Å². The lowest BCUT2D eigenvalue weighted by Gasteiger charge is -2.29. The molecule has 1 aromatic rings. The molecule has 1 aliphatic heterocycles. The van der Waals surface area contributed by atoms with E-state index in [1.165, 1.54) is 6.07 Å². The molecule has 20 heavy (non-hydrogen) atoms. The number of ether oxygens (including phenoxy) is 1. The molecule has 0 amide bonds. The molecule has 4 nitrogen and oxygen atoms in total. The molecule has 2 unspecified atom stereocenters. The number of aryl methyl sites for hydroxylation is 1. The minimum atomic E-state index is -0.851. The van der Waals surface area contributed by atoms with Crippen molar-refractivity contribution in [3.63, 3.8) is 0 Å². The summed E-state index contributed by atoms with van der Waals surface area (Å²) in [5.74, 6) is -1.64. The molecule has 1 aromatic carbocycles. The van der Waals surface area contributed by atoms with Gasteiger partial charge in [-0.05, 0) is 19.5 Å². The maximum atomic E-state index is 13.8. The number of hydrogen-bond donors (Lipinski definition) is 1. The third-order valence-electron chi connectivity index (χ3n) is 3.82. The van der Waals surface area contributed by atoms with Gasteiger partial charge in [-0.25, -0.2) is 4.39 Å². The van der Waals surface area contributed by atoms with E-state index >= 15 is 0 Å². The first kappa shape index (κ1) is 14.9. The molecule has 0 radical (unpaired) electrons. The summed E-state index contributed by atoms with van der Waals surface area (Å²) >= 11 is 0. The van der Waals surface area contributed by atoms with Crippen molar-refractivity contribution in [2.24, 2.45) is 5.92 Å². The number of likely N-dealkylation sites (N-methyl/N-ethyl adjacent to an activating group) is 1. The molecule has 1 saturated heterocycles. The number of nitrogens with zero attached hydrogens (tertiary/aromatic N) is 1. The standard InChI is InChI=1S/C15H20FNO3/c1-3-17(14-9-20-8-12(14)15(18)19)7-11-6-10(2)4-5-13(11)16/h4-6,12,14H,3,7-9H2,1-2H3,(H,18,19). The second-order valence-corrected chi connectivity index (χ2v) is 5.21. The van der Waals surface area contributed by atoms with Crippen LogP contribution in [0.15, 0.2) is 18.2 Å². The number of carboxylic acid groups (broad SMARTS) is 1. The molecule has 2 rings (SSSR count). The largest absolute Gasteiger partial charge is 0.481 e. The SMILES string of the molecule is CCN(Cc1cc(C)ccc1F)C1COCC1C(=O)O. The molecule has 0 aliphatic carbocycles. The van der Waals surface area contributed by atoms with E-state index in [1.54, 1.807) is 6.07 Å². The summed E-state index contributed by atoms with van der Waals surface area (Å²) in [7, 11) is 0. The highest BCUT2D eigenvalue weighted by molar-refractivity contribution is 5.71. The molecule has 0 bridgehead atoms. The van der Waals surface area contributed by atoms with Crippen LogP contribution in [0, 0.1) is 18.7 Å². The summed E-state index contributed by atoms with van der Waals surface area (Å²) in [6, 6.07) is 4.80. The highest BCUT2D eigenvalue weighted by Gasteiger charge is 2.37. The van der Waals surface area contributed by atoms with Gasteiger partial charge in [0.05, 0.1) is 19.1 Å². The van der Waals surface area contributed by atoms with Crippen LogP contribution in [0.2, 0.25) is 0 Å². The summed E-state index contributed by atoms with van der Waals surface area (Å²) in [6.45, 7) is 5.54. The van der Waals surface area contributed by atoms with Gasteiger partial charge < -0.3 is 9.84 Å². The van der Waals surface area contributed by atoms with Crippen LogP contribution >= 0.6 is 0 Å². The van der Waals surface area contributed by atoms with Gasteiger partial charge in [0.2, 0.25) is 0 Å². The van der Waals surface area contributed by atoms with Crippen molar-refractivity contribution in [2.45, 2.75) is 26.4 Å². The molecule has 1 aliphatic rings. The maximum absolute atomic E-state index is 13.8. The Morgan fingerprint density at radius 2 is 2.25 bits per heavy atom. The van der Waals surface area contributed by atoms with Gasteiger partial charge in [0.25, 0.3) is 0 Å². The molecule has 0 aromatic heterocycles. The van der Waals surface area contributed by atoms with Crippen molar-refractivity contribution in [2.75, 3.05) is 19.8 Å². The Kier molecular flexibility index (Phi) is 4.73. The average Bonchev–Trinajstić information content (AvgIpc) is 2.89. The lowest BCUT2D eigenvalue weighted by Crippen LogP contribution is -2.42. The van der Waals surface area contributed by atoms with Crippen LogP contribution in [0.4, 0.5) is 4.39 Å². The third kappa shape index (κ3) is 3.16. The molecule has 0 saturated carbocycles. The highest BCUT2D eigenvalue weighted by Crippen LogP contribution is 2.23. The Hall–Kier alpha value is -1.46. The van der Waals surface area contributed by atoms with Crippen LogP contribution in [0.3, 0.4) is 0 Å². The van der Waals surface area contributed by atoms with E-state index in [1.807, 2.05) is 24.8 Å². The van der Waals surface area contributed by atoms with Gasteiger partial charge in [-0.1, -0.05) is 24.6 Å². The molecular weight excluding hydrogens is 261 g/mol. The van der Waals surface area contributed by atoms with Crippen LogP contribution < -0.4 is 0 Å². The van der Waals surface area contributed by atoms with E-state index in [0.29, 0.717) is 25.3 Å². The molecular formula is C15H20FNO3. The number of hydrogen-bond acceptors (Lipinski definition) is 3. The van der Waals surface area contributed by atoms with Gasteiger partial charge in [0, 0.05) is 18.2 Å². The molecule has 1 heterocycles. The first-order valence-corrected chi connectivity index (χ1v) is 6.82. The van der Waals surface area contributed by atoms with E-state index in [4.69, 9.17) is 4.74 Å². The van der Waals surface area contributed by atoms with E-state index in [9.17, 15) is 14.3 Å². The number of halogens is 1. The Labute approximate surface area is 118 Å². The van der Waals surface area contributed by atoms with E-state index in [2.05, 4.69) is 0 Å². The summed E-state index contributed by atoms with van der Waals surface area (Å²) in [5, 5.41) is 9.21. The van der Waals surface area contributed by atoms with Gasteiger partial charge in [0.1, 0.15) is 5.82 Å². The number of benzene rings is 1. The fraction of sp³-hybridized carbons (Fsp3) is 0.533. The molecule has 5 heteroatoms. The van der Waals surface area contributed by atoms with Gasteiger partial charge >= 0.3 is 5.97 Å². The van der Waals surface area contributed by atoms with E-state index in [0.717, 1.165) is 5.56 Å². The normalized spacial score (nSPS) is 22.4. The van der Waals surface area contributed by atoms with Crippen molar-refractivity contribution in [1.82, 2.24) is 4.90 Å². The van der Waals surface area contributed by atoms with Gasteiger partial charge in [-0.2, -0.15) is 0 Å². The number of rotatable bonds is 5. The quantitative estimate of drug-likeness (QED) is 0.897. The lowest BCUT2D eigenvalue weighted by atomic mass is 10.0. The smallest absolute Gasteiger partial charge is 0.310 e. The van der Waals surface area contributed by atoms with Crippen LogP contribution in [0.1, 0.15) is 18.1 Å². The predicted octanol–water partition coefficient (Wildman–Crippen LogP) is 2.06. The monoisotopic (exact) mass is 281 g/mol. The minimum absolute atomic E-state index is 0.197. The molecule has 2 atom stereocenters. The summed E-state index contributed by atoms with van der Waals surface area (Å²) in [6.07, 6.45) is 0. The fourth-order valence-corrected chi connectivity index (χ4v) is 2.65. The average molecular weight is 281 g/mol. The molecule has 1 N–H and O–H groups in total. The summed E-state index contributed by atoms with van der Waals surface area (Å²) < 4.78 is 19.1.